The van der Waals surface area contributed by atoms with Gasteiger partial charge in [0, 0.05) is 12.6 Å². The molecule has 2 aliphatic heterocycles. The predicted molar refractivity (Wildman–Crippen MR) is 138 cm³/mol. The predicted octanol–water partition coefficient (Wildman–Crippen LogP) is -2.28. The number of hydrogen-bond donors (Lipinski definition) is 6. The van der Waals surface area contributed by atoms with E-state index in [0.29, 0.717) is 30.6 Å². The first-order valence-corrected chi connectivity index (χ1v) is 12.8. The van der Waals surface area contributed by atoms with Gasteiger partial charge in [-0.1, -0.05) is 5.21 Å². The summed E-state index contributed by atoms with van der Waals surface area (Å²) in [7, 11) is 0. The van der Waals surface area contributed by atoms with Crippen molar-refractivity contribution in [2.24, 2.45) is 0 Å². The zero-order valence-electron chi connectivity index (χ0n) is 21.2. The molecule has 0 radical (unpaired) electrons. The molecule has 7 rings (SSSR count). The van der Waals surface area contributed by atoms with Gasteiger partial charge in [-0.25, -0.2) is 14.6 Å². The molecule has 0 spiro atoms. The Morgan fingerprint density at radius 1 is 0.976 bits per heavy atom. The summed E-state index contributed by atoms with van der Waals surface area (Å²) >= 11 is 0. The summed E-state index contributed by atoms with van der Waals surface area (Å²) in [4.78, 5) is 45.6. The minimum absolute atomic E-state index is 0.00723. The number of aromatic amines is 2. The number of fused-ring (bicyclic) bond motifs is 2. The molecule has 0 amide bonds. The highest BCUT2D eigenvalue weighted by Gasteiger charge is 2.47. The summed E-state index contributed by atoms with van der Waals surface area (Å²) in [6, 6.07) is -0.799. The average molecular weight is 568 g/mol. The van der Waals surface area contributed by atoms with E-state index < -0.39 is 48.4 Å². The first-order chi connectivity index (χ1) is 19.8. The van der Waals surface area contributed by atoms with E-state index in [1.807, 2.05) is 0 Å². The largest absolute Gasteiger partial charge is 0.394 e. The van der Waals surface area contributed by atoms with E-state index in [4.69, 9.17) is 20.9 Å². The summed E-state index contributed by atoms with van der Waals surface area (Å²) in [5, 5.41) is 29.7. The molecule has 0 bridgehead atoms. The smallest absolute Gasteiger partial charge is 0.280 e. The standard InChI is InChI=1S/C22H25N13O6/c23-21-27-16-12(18(38)29-21)25-6-33(16)11-2-1-9(40-11)3-8-4-35(32-31-8)14-10(5-36)41-20(15(14)37)34-7-26-13-17(34)28-22(24)30-19(13)39/h4,6-7,9-11,14-15,20,36-37H,1-3,5H2,(H3,23,27,29,38)(H3,24,28,30,39). The molecule has 5 aromatic heterocycles. The Kier molecular flexibility index (Phi) is 5.81. The summed E-state index contributed by atoms with van der Waals surface area (Å²) in [5.41, 5.74) is 11.7. The molecule has 2 aliphatic rings. The topological polar surface area (TPSA) is 269 Å². The van der Waals surface area contributed by atoms with E-state index in [1.165, 1.54) is 21.9 Å². The van der Waals surface area contributed by atoms with E-state index in [2.05, 4.69) is 40.2 Å². The Balaban J connectivity index is 1.08. The molecule has 6 unspecified atom stereocenters. The van der Waals surface area contributed by atoms with Crippen molar-refractivity contribution in [3.05, 3.63) is 45.3 Å². The van der Waals surface area contributed by atoms with Crippen molar-refractivity contribution in [2.75, 3.05) is 18.1 Å². The van der Waals surface area contributed by atoms with Gasteiger partial charge < -0.3 is 31.2 Å². The third-order valence-electron chi connectivity index (χ3n) is 7.39. The van der Waals surface area contributed by atoms with E-state index in [1.54, 1.807) is 10.8 Å². The fraction of sp³-hybridized carbons (Fsp3) is 0.455. The van der Waals surface area contributed by atoms with E-state index in [0.717, 1.165) is 0 Å². The average Bonchev–Trinajstić information content (AvgIpc) is 3.74. The van der Waals surface area contributed by atoms with Crippen LogP contribution in [-0.2, 0) is 15.9 Å². The van der Waals surface area contributed by atoms with Crippen molar-refractivity contribution < 1.29 is 19.7 Å². The van der Waals surface area contributed by atoms with Crippen LogP contribution in [0, 0.1) is 0 Å². The number of aromatic nitrogens is 11. The van der Waals surface area contributed by atoms with E-state index in [9.17, 15) is 19.8 Å². The molecule has 8 N–H and O–H groups in total. The number of anilines is 2. The van der Waals surface area contributed by atoms with Gasteiger partial charge in [0.1, 0.15) is 24.5 Å². The molecule has 0 saturated carbocycles. The van der Waals surface area contributed by atoms with Crippen LogP contribution in [0.3, 0.4) is 0 Å². The van der Waals surface area contributed by atoms with Gasteiger partial charge in [-0.15, -0.1) is 5.10 Å². The van der Waals surface area contributed by atoms with Crippen LogP contribution < -0.4 is 22.6 Å². The van der Waals surface area contributed by atoms with Gasteiger partial charge in [0.25, 0.3) is 11.1 Å². The van der Waals surface area contributed by atoms with Gasteiger partial charge >= 0.3 is 0 Å². The molecule has 7 heterocycles. The highest BCUT2D eigenvalue weighted by Crippen LogP contribution is 2.38. The zero-order valence-corrected chi connectivity index (χ0v) is 21.2. The van der Waals surface area contributed by atoms with Gasteiger partial charge in [-0.2, -0.15) is 9.97 Å². The monoisotopic (exact) mass is 567 g/mol. The highest BCUT2D eigenvalue weighted by atomic mass is 16.5. The molecule has 214 valence electrons. The van der Waals surface area contributed by atoms with Gasteiger partial charge in [0.15, 0.2) is 28.6 Å². The Hall–Kier alpha value is -4.72. The van der Waals surface area contributed by atoms with Crippen LogP contribution >= 0.6 is 0 Å². The first kappa shape index (κ1) is 25.3. The lowest BCUT2D eigenvalue weighted by Gasteiger charge is -2.19. The van der Waals surface area contributed by atoms with Crippen molar-refractivity contribution in [2.45, 2.75) is 56.1 Å². The maximum Gasteiger partial charge on any atom is 0.280 e. The van der Waals surface area contributed by atoms with Gasteiger partial charge in [0.2, 0.25) is 11.9 Å². The quantitative estimate of drug-likeness (QED) is 0.126. The summed E-state index contributed by atoms with van der Waals surface area (Å²) in [6.07, 6.45) is 2.61. The Bertz CT molecular complexity index is 1870. The number of aliphatic hydroxyl groups is 2. The van der Waals surface area contributed by atoms with Crippen molar-refractivity contribution in [1.29, 1.82) is 0 Å². The highest BCUT2D eigenvalue weighted by molar-refractivity contribution is 5.71. The number of rotatable bonds is 6. The normalized spacial score (nSPS) is 26.5. The van der Waals surface area contributed by atoms with Gasteiger partial charge in [-0.05, 0) is 12.8 Å². The number of nitrogen functional groups attached to an aromatic ring is 2. The third kappa shape index (κ3) is 4.13. The van der Waals surface area contributed by atoms with Crippen LogP contribution in [0.4, 0.5) is 11.9 Å². The van der Waals surface area contributed by atoms with Gasteiger partial charge in [0.05, 0.1) is 31.1 Å². The Morgan fingerprint density at radius 2 is 1.63 bits per heavy atom. The SMILES string of the molecule is Nc1nc2c(ncn2C2CCC(Cc3cn(C4C(CO)OC(n5cnc6c(=O)[nH]c(N)nc65)C4O)nn3)O2)c(=O)[nH]1. The molecule has 2 fully saturated rings. The van der Waals surface area contributed by atoms with Crippen molar-refractivity contribution in [3.63, 3.8) is 0 Å². The molecule has 41 heavy (non-hydrogen) atoms. The molecular weight excluding hydrogens is 542 g/mol. The molecule has 6 atom stereocenters. The molecule has 2 saturated heterocycles. The number of nitrogens with zero attached hydrogens (tertiary/aromatic N) is 9. The van der Waals surface area contributed by atoms with E-state index >= 15 is 0 Å². The van der Waals surface area contributed by atoms with Crippen LogP contribution in [-0.4, -0.2) is 89.2 Å². The molecule has 19 nitrogen and oxygen atoms in total. The summed E-state index contributed by atoms with van der Waals surface area (Å²) in [6.45, 7) is -0.413. The first-order valence-electron chi connectivity index (χ1n) is 12.8. The number of aliphatic hydroxyl groups excluding tert-OH is 2. The minimum atomic E-state index is -1.20. The number of nitrogens with two attached hydrogens (primary N) is 2. The lowest BCUT2D eigenvalue weighted by Crippen LogP contribution is -2.31. The van der Waals surface area contributed by atoms with Crippen LogP contribution in [0.5, 0.6) is 0 Å². The minimum Gasteiger partial charge on any atom is -0.394 e. The fourth-order valence-electron chi connectivity index (χ4n) is 5.55. The van der Waals surface area contributed by atoms with Crippen molar-refractivity contribution in [3.8, 4) is 0 Å². The van der Waals surface area contributed by atoms with Crippen LogP contribution in [0.1, 0.15) is 37.0 Å². The number of nitrogens with one attached hydrogen (secondary N) is 2. The van der Waals surface area contributed by atoms with Crippen LogP contribution in [0.2, 0.25) is 0 Å². The number of imidazole rings is 2. The number of hydrogen-bond acceptors (Lipinski definition) is 14. The lowest BCUT2D eigenvalue weighted by molar-refractivity contribution is -0.0492. The van der Waals surface area contributed by atoms with E-state index in [-0.39, 0.29) is 34.7 Å². The maximum atomic E-state index is 12.2. The fourth-order valence-corrected chi connectivity index (χ4v) is 5.55. The second-order valence-corrected chi connectivity index (χ2v) is 9.96. The molecule has 0 aliphatic carbocycles. The lowest BCUT2D eigenvalue weighted by atomic mass is 10.1. The molecule has 5 aromatic rings. The van der Waals surface area contributed by atoms with Crippen LogP contribution in [0.15, 0.2) is 28.4 Å². The second kappa shape index (κ2) is 9.44. The Morgan fingerprint density at radius 3 is 2.32 bits per heavy atom. The molecule has 19 heteroatoms. The van der Waals surface area contributed by atoms with Crippen LogP contribution in [0.25, 0.3) is 22.3 Å². The van der Waals surface area contributed by atoms with Gasteiger partial charge in [-0.3, -0.25) is 28.7 Å². The zero-order chi connectivity index (χ0) is 28.4. The van der Waals surface area contributed by atoms with Crippen molar-refractivity contribution in [1.82, 2.24) is 54.0 Å². The number of H-pyrrole nitrogens is 2. The summed E-state index contributed by atoms with van der Waals surface area (Å²) in [5.74, 6) is -0.119. The number of ether oxygens (including phenoxy) is 2. The maximum absolute atomic E-state index is 12.2. The second-order valence-electron chi connectivity index (χ2n) is 9.96. The summed E-state index contributed by atoms with van der Waals surface area (Å²) < 4.78 is 16.7. The molecule has 0 aromatic carbocycles. The Labute approximate surface area is 227 Å². The van der Waals surface area contributed by atoms with Crippen molar-refractivity contribution >= 4 is 34.2 Å². The molecular formula is C22H25N13O6. The third-order valence-corrected chi connectivity index (χ3v) is 7.39.